The van der Waals surface area contributed by atoms with E-state index in [0.717, 1.165) is 4.47 Å². The molecule has 1 heterocycles. The Bertz CT molecular complexity index is 250. The molecule has 1 aromatic rings. The average molecular weight is 265 g/mol. The van der Waals surface area contributed by atoms with Crippen molar-refractivity contribution in [2.45, 2.75) is 19.6 Å². The van der Waals surface area contributed by atoms with E-state index >= 15 is 0 Å². The van der Waals surface area contributed by atoms with Crippen molar-refractivity contribution in [3.8, 4) is 0 Å². The maximum atomic E-state index is 5.56. The van der Waals surface area contributed by atoms with E-state index in [1.54, 1.807) is 18.4 Å². The lowest BCUT2D eigenvalue weighted by Gasteiger charge is -2.10. The minimum Gasteiger partial charge on any atom is -0.382 e. The molecule has 0 radical (unpaired) electrons. The van der Waals surface area contributed by atoms with Crippen LogP contribution in [0.4, 0.5) is 0 Å². The largest absolute Gasteiger partial charge is 0.382 e. The molecule has 1 rings (SSSR count). The molecule has 0 amide bonds. The molecule has 0 aliphatic carbocycles. The Balaban J connectivity index is 2.30. The van der Waals surface area contributed by atoms with Crippen molar-refractivity contribution in [1.82, 2.24) is 0 Å². The Kier molecular flexibility index (Phi) is 4.94. The number of hydrogen-bond acceptors (Lipinski definition) is 3. The maximum Gasteiger partial charge on any atom is 0.0825 e. The number of thiophene rings is 1. The average Bonchev–Trinajstić information content (AvgIpc) is 2.48. The minimum absolute atomic E-state index is 0.152. The van der Waals surface area contributed by atoms with Crippen molar-refractivity contribution in [3.63, 3.8) is 0 Å². The third-order valence-electron chi connectivity index (χ3n) is 1.59. The molecule has 0 saturated carbocycles. The zero-order valence-electron chi connectivity index (χ0n) is 7.75. The van der Waals surface area contributed by atoms with Crippen LogP contribution >= 0.6 is 27.3 Å². The SMILES string of the molecule is COCC(C)OCc1sccc1Br. The summed E-state index contributed by atoms with van der Waals surface area (Å²) in [6.07, 6.45) is 0.152. The van der Waals surface area contributed by atoms with Gasteiger partial charge < -0.3 is 9.47 Å². The van der Waals surface area contributed by atoms with Crippen LogP contribution in [-0.2, 0) is 16.1 Å². The molecule has 1 unspecified atom stereocenters. The molecule has 4 heteroatoms. The highest BCUT2D eigenvalue weighted by Gasteiger charge is 2.05. The number of hydrogen-bond donors (Lipinski definition) is 0. The standard InChI is InChI=1S/C9H13BrO2S/c1-7(5-11-2)12-6-9-8(10)3-4-13-9/h3-4,7H,5-6H2,1-2H3. The first kappa shape index (κ1) is 11.2. The highest BCUT2D eigenvalue weighted by atomic mass is 79.9. The van der Waals surface area contributed by atoms with Crippen LogP contribution in [-0.4, -0.2) is 19.8 Å². The van der Waals surface area contributed by atoms with E-state index in [1.165, 1.54) is 4.88 Å². The van der Waals surface area contributed by atoms with Crippen molar-refractivity contribution in [3.05, 3.63) is 20.8 Å². The van der Waals surface area contributed by atoms with Crippen LogP contribution in [0.2, 0.25) is 0 Å². The number of rotatable bonds is 5. The van der Waals surface area contributed by atoms with Crippen LogP contribution in [0.15, 0.2) is 15.9 Å². The minimum atomic E-state index is 0.152. The van der Waals surface area contributed by atoms with E-state index < -0.39 is 0 Å². The van der Waals surface area contributed by atoms with Crippen molar-refractivity contribution in [1.29, 1.82) is 0 Å². The summed E-state index contributed by atoms with van der Waals surface area (Å²) < 4.78 is 11.7. The van der Waals surface area contributed by atoms with Crippen LogP contribution in [0.3, 0.4) is 0 Å². The van der Waals surface area contributed by atoms with Gasteiger partial charge in [-0.05, 0) is 34.3 Å². The fraction of sp³-hybridized carbons (Fsp3) is 0.556. The zero-order valence-corrected chi connectivity index (χ0v) is 10.2. The summed E-state index contributed by atoms with van der Waals surface area (Å²) in [5, 5.41) is 2.05. The van der Waals surface area contributed by atoms with Gasteiger partial charge in [0.2, 0.25) is 0 Å². The molecule has 74 valence electrons. The summed E-state index contributed by atoms with van der Waals surface area (Å²) in [4.78, 5) is 1.22. The van der Waals surface area contributed by atoms with Gasteiger partial charge in [-0.1, -0.05) is 0 Å². The second-order valence-electron chi connectivity index (χ2n) is 2.77. The summed E-state index contributed by atoms with van der Waals surface area (Å²) in [5.41, 5.74) is 0. The van der Waals surface area contributed by atoms with Gasteiger partial charge in [0.05, 0.1) is 19.3 Å². The van der Waals surface area contributed by atoms with E-state index in [4.69, 9.17) is 9.47 Å². The summed E-state index contributed by atoms with van der Waals surface area (Å²) in [7, 11) is 1.68. The van der Waals surface area contributed by atoms with Gasteiger partial charge in [0.15, 0.2) is 0 Å². The molecule has 0 fully saturated rings. The second-order valence-corrected chi connectivity index (χ2v) is 4.62. The van der Waals surface area contributed by atoms with Crippen LogP contribution < -0.4 is 0 Å². The fourth-order valence-corrected chi connectivity index (χ4v) is 2.32. The fourth-order valence-electron chi connectivity index (χ4n) is 0.929. The predicted molar refractivity (Wildman–Crippen MR) is 58.1 cm³/mol. The first-order valence-corrected chi connectivity index (χ1v) is 5.73. The Labute approximate surface area is 91.0 Å². The maximum absolute atomic E-state index is 5.56. The molecule has 0 N–H and O–H groups in total. The van der Waals surface area contributed by atoms with E-state index in [1.807, 2.05) is 18.4 Å². The van der Waals surface area contributed by atoms with E-state index in [-0.39, 0.29) is 6.10 Å². The van der Waals surface area contributed by atoms with Crippen LogP contribution in [0.1, 0.15) is 11.8 Å². The highest BCUT2D eigenvalue weighted by Crippen LogP contribution is 2.23. The lowest BCUT2D eigenvalue weighted by Crippen LogP contribution is -2.14. The van der Waals surface area contributed by atoms with Gasteiger partial charge in [-0.3, -0.25) is 0 Å². The van der Waals surface area contributed by atoms with Crippen LogP contribution in [0, 0.1) is 0 Å². The molecular formula is C9H13BrO2S. The molecular weight excluding hydrogens is 252 g/mol. The van der Waals surface area contributed by atoms with Crippen LogP contribution in [0.5, 0.6) is 0 Å². The van der Waals surface area contributed by atoms with Gasteiger partial charge >= 0.3 is 0 Å². The van der Waals surface area contributed by atoms with Gasteiger partial charge in [-0.2, -0.15) is 0 Å². The topological polar surface area (TPSA) is 18.5 Å². The normalized spacial score (nSPS) is 13.2. The molecule has 0 spiro atoms. The van der Waals surface area contributed by atoms with Gasteiger partial charge in [-0.25, -0.2) is 0 Å². The van der Waals surface area contributed by atoms with Crippen LogP contribution in [0.25, 0.3) is 0 Å². The van der Waals surface area contributed by atoms with Crippen molar-refractivity contribution in [2.75, 3.05) is 13.7 Å². The second kappa shape index (κ2) is 5.75. The molecule has 2 nitrogen and oxygen atoms in total. The summed E-state index contributed by atoms with van der Waals surface area (Å²) in [6.45, 7) is 3.30. The Morgan fingerprint density at radius 1 is 1.62 bits per heavy atom. The molecule has 1 aromatic heterocycles. The van der Waals surface area contributed by atoms with E-state index in [9.17, 15) is 0 Å². The summed E-state index contributed by atoms with van der Waals surface area (Å²) >= 11 is 5.15. The lowest BCUT2D eigenvalue weighted by atomic mass is 10.4. The van der Waals surface area contributed by atoms with Gasteiger partial charge in [0.1, 0.15) is 0 Å². The third-order valence-corrected chi connectivity index (χ3v) is 3.49. The van der Waals surface area contributed by atoms with Crippen molar-refractivity contribution < 1.29 is 9.47 Å². The molecule has 13 heavy (non-hydrogen) atoms. The molecule has 0 bridgehead atoms. The molecule has 1 atom stereocenters. The van der Waals surface area contributed by atoms with Gasteiger partial charge in [-0.15, -0.1) is 11.3 Å². The molecule has 0 aromatic carbocycles. The van der Waals surface area contributed by atoms with Crippen molar-refractivity contribution in [2.24, 2.45) is 0 Å². The Morgan fingerprint density at radius 3 is 2.92 bits per heavy atom. The van der Waals surface area contributed by atoms with Gasteiger partial charge in [0.25, 0.3) is 0 Å². The quantitative estimate of drug-likeness (QED) is 0.814. The zero-order chi connectivity index (χ0) is 9.68. The molecule has 0 aliphatic rings. The number of halogens is 1. The number of methoxy groups -OCH3 is 1. The predicted octanol–water partition coefficient (Wildman–Crippen LogP) is 3.06. The van der Waals surface area contributed by atoms with E-state index in [0.29, 0.717) is 13.2 Å². The Morgan fingerprint density at radius 2 is 2.38 bits per heavy atom. The van der Waals surface area contributed by atoms with Gasteiger partial charge in [0, 0.05) is 16.5 Å². The molecule has 0 aliphatic heterocycles. The third kappa shape index (κ3) is 3.77. The smallest absolute Gasteiger partial charge is 0.0825 e. The van der Waals surface area contributed by atoms with Crippen molar-refractivity contribution >= 4 is 27.3 Å². The lowest BCUT2D eigenvalue weighted by molar-refractivity contribution is 0.000747. The number of ether oxygens (including phenoxy) is 2. The highest BCUT2D eigenvalue weighted by molar-refractivity contribution is 9.10. The van der Waals surface area contributed by atoms with E-state index in [2.05, 4.69) is 15.9 Å². The molecule has 0 saturated heterocycles. The Hall–Kier alpha value is 0.100. The summed E-state index contributed by atoms with van der Waals surface area (Å²) in [6, 6.07) is 2.03. The first-order valence-electron chi connectivity index (χ1n) is 4.06. The first-order chi connectivity index (χ1) is 6.24. The monoisotopic (exact) mass is 264 g/mol. The summed E-state index contributed by atoms with van der Waals surface area (Å²) in [5.74, 6) is 0.